The van der Waals surface area contributed by atoms with Crippen molar-refractivity contribution in [1.29, 1.82) is 0 Å². The molecular formula is C13H14N4O3. The van der Waals surface area contributed by atoms with Gasteiger partial charge in [-0.25, -0.2) is 10.8 Å². The summed E-state index contributed by atoms with van der Waals surface area (Å²) in [5, 5.41) is 11.0. The molecule has 2 aromatic rings. The average Bonchev–Trinajstić information content (AvgIpc) is 2.41. The third kappa shape index (κ3) is 2.83. The number of benzene rings is 1. The number of nitrogens with zero attached hydrogens (tertiary/aromatic N) is 2. The van der Waals surface area contributed by atoms with Gasteiger partial charge in [0.2, 0.25) is 0 Å². The van der Waals surface area contributed by atoms with Gasteiger partial charge in [-0.2, -0.15) is 0 Å². The van der Waals surface area contributed by atoms with Gasteiger partial charge in [-0.15, -0.1) is 0 Å². The van der Waals surface area contributed by atoms with Gasteiger partial charge < -0.3 is 10.2 Å². The zero-order valence-electron chi connectivity index (χ0n) is 11.1. The second kappa shape index (κ2) is 5.54. The van der Waals surface area contributed by atoms with Gasteiger partial charge in [0.15, 0.2) is 0 Å². The van der Waals surface area contributed by atoms with Crippen molar-refractivity contribution in [2.24, 2.45) is 5.84 Å². The number of hydrogen-bond acceptors (Lipinski definition) is 6. The van der Waals surface area contributed by atoms with Crippen molar-refractivity contribution in [3.63, 3.8) is 0 Å². The molecule has 1 heterocycles. The van der Waals surface area contributed by atoms with Gasteiger partial charge in [0.1, 0.15) is 17.3 Å². The Morgan fingerprint density at radius 1 is 1.30 bits per heavy atom. The van der Waals surface area contributed by atoms with Crippen LogP contribution in [0.3, 0.4) is 0 Å². The van der Waals surface area contributed by atoms with E-state index in [4.69, 9.17) is 10.6 Å². The Morgan fingerprint density at radius 2 is 2.05 bits per heavy atom. The molecule has 0 saturated heterocycles. The van der Waals surface area contributed by atoms with E-state index in [0.717, 1.165) is 5.56 Å². The number of ether oxygens (including phenoxy) is 1. The van der Waals surface area contributed by atoms with Crippen LogP contribution in [0.5, 0.6) is 11.5 Å². The highest BCUT2D eigenvalue weighted by atomic mass is 16.6. The Balaban J connectivity index is 2.37. The minimum Gasteiger partial charge on any atom is -0.457 e. The number of hydrazine groups is 1. The number of aryl methyl sites for hydroxylation is 2. The van der Waals surface area contributed by atoms with E-state index in [2.05, 4.69) is 10.4 Å². The van der Waals surface area contributed by atoms with Gasteiger partial charge in [-0.3, -0.25) is 10.1 Å². The van der Waals surface area contributed by atoms with Gasteiger partial charge in [0.25, 0.3) is 5.69 Å². The van der Waals surface area contributed by atoms with Crippen molar-refractivity contribution < 1.29 is 9.66 Å². The summed E-state index contributed by atoms with van der Waals surface area (Å²) >= 11 is 0. The van der Waals surface area contributed by atoms with Crippen molar-refractivity contribution in [2.45, 2.75) is 13.8 Å². The number of aromatic nitrogens is 1. The Bertz CT molecular complexity index is 658. The van der Waals surface area contributed by atoms with Crippen LogP contribution in [0.4, 0.5) is 11.5 Å². The molecule has 0 fully saturated rings. The first-order chi connectivity index (χ1) is 9.51. The van der Waals surface area contributed by atoms with Crippen molar-refractivity contribution in [3.8, 4) is 11.5 Å². The van der Waals surface area contributed by atoms with Crippen LogP contribution in [-0.2, 0) is 0 Å². The predicted molar refractivity (Wildman–Crippen MR) is 74.7 cm³/mol. The van der Waals surface area contributed by atoms with E-state index < -0.39 is 4.92 Å². The van der Waals surface area contributed by atoms with Crippen LogP contribution in [0.2, 0.25) is 0 Å². The van der Waals surface area contributed by atoms with Crippen molar-refractivity contribution >= 4 is 11.5 Å². The Labute approximate surface area is 115 Å². The Hall–Kier alpha value is -2.67. The van der Waals surface area contributed by atoms with Crippen LogP contribution in [0.15, 0.2) is 30.5 Å². The summed E-state index contributed by atoms with van der Waals surface area (Å²) < 4.78 is 5.66. The number of nitrogen functional groups attached to an aromatic ring is 1. The third-order valence-corrected chi connectivity index (χ3v) is 2.80. The van der Waals surface area contributed by atoms with E-state index in [-0.39, 0.29) is 5.69 Å². The van der Waals surface area contributed by atoms with Crippen molar-refractivity contribution in [2.75, 3.05) is 5.43 Å². The highest BCUT2D eigenvalue weighted by Crippen LogP contribution is 2.31. The minimum absolute atomic E-state index is 0.0248. The largest absolute Gasteiger partial charge is 0.457 e. The molecule has 0 aliphatic carbocycles. The van der Waals surface area contributed by atoms with Crippen LogP contribution in [0, 0.1) is 24.0 Å². The first-order valence-corrected chi connectivity index (χ1v) is 5.87. The molecule has 0 bridgehead atoms. The summed E-state index contributed by atoms with van der Waals surface area (Å²) in [4.78, 5) is 14.5. The lowest BCUT2D eigenvalue weighted by atomic mass is 10.1. The zero-order chi connectivity index (χ0) is 14.7. The highest BCUT2D eigenvalue weighted by molar-refractivity contribution is 5.51. The van der Waals surface area contributed by atoms with E-state index in [1.165, 1.54) is 12.3 Å². The number of nitrogens with two attached hydrogens (primary N) is 1. The van der Waals surface area contributed by atoms with Gasteiger partial charge >= 0.3 is 0 Å². The van der Waals surface area contributed by atoms with Crippen LogP contribution >= 0.6 is 0 Å². The molecule has 0 radical (unpaired) electrons. The predicted octanol–water partition coefficient (Wildman–Crippen LogP) is 2.68. The van der Waals surface area contributed by atoms with E-state index >= 15 is 0 Å². The molecule has 0 aliphatic rings. The quantitative estimate of drug-likeness (QED) is 0.504. The molecule has 0 amide bonds. The van der Waals surface area contributed by atoms with Crippen LogP contribution < -0.4 is 16.0 Å². The molecule has 20 heavy (non-hydrogen) atoms. The summed E-state index contributed by atoms with van der Waals surface area (Å²) in [6.07, 6.45) is 1.53. The fraction of sp³-hybridized carbons (Fsp3) is 0.154. The van der Waals surface area contributed by atoms with E-state index in [0.29, 0.717) is 22.9 Å². The zero-order valence-corrected chi connectivity index (χ0v) is 11.1. The number of nitro benzene ring substituents is 1. The summed E-state index contributed by atoms with van der Waals surface area (Å²) in [6, 6.07) is 6.38. The molecule has 2 rings (SSSR count). The monoisotopic (exact) mass is 274 g/mol. The second-order valence-electron chi connectivity index (χ2n) is 4.28. The van der Waals surface area contributed by atoms with Gasteiger partial charge in [0, 0.05) is 17.8 Å². The lowest BCUT2D eigenvalue weighted by Gasteiger charge is -2.10. The van der Waals surface area contributed by atoms with E-state index in [1.54, 1.807) is 25.1 Å². The average molecular weight is 274 g/mol. The first kappa shape index (κ1) is 13.8. The third-order valence-electron chi connectivity index (χ3n) is 2.80. The number of anilines is 1. The Morgan fingerprint density at radius 3 is 2.70 bits per heavy atom. The molecule has 7 heteroatoms. The molecule has 0 spiro atoms. The molecule has 0 aliphatic heterocycles. The maximum atomic E-state index is 11.0. The smallest absolute Gasteiger partial charge is 0.276 e. The lowest BCUT2D eigenvalue weighted by Crippen LogP contribution is -2.08. The fourth-order valence-corrected chi connectivity index (χ4v) is 1.81. The van der Waals surface area contributed by atoms with Gasteiger partial charge in [-0.05, 0) is 31.5 Å². The molecule has 104 valence electrons. The topological polar surface area (TPSA) is 103 Å². The Kier molecular flexibility index (Phi) is 3.81. The van der Waals surface area contributed by atoms with Crippen LogP contribution in [0.1, 0.15) is 11.1 Å². The normalized spacial score (nSPS) is 10.2. The highest BCUT2D eigenvalue weighted by Gasteiger charge is 2.15. The molecular weight excluding hydrogens is 260 g/mol. The van der Waals surface area contributed by atoms with Crippen molar-refractivity contribution in [1.82, 2.24) is 4.98 Å². The number of hydrogen-bond donors (Lipinski definition) is 2. The van der Waals surface area contributed by atoms with Gasteiger partial charge in [-0.1, -0.05) is 0 Å². The molecule has 0 saturated carbocycles. The number of pyridine rings is 1. The molecule has 7 nitrogen and oxygen atoms in total. The molecule has 0 unspecified atom stereocenters. The van der Waals surface area contributed by atoms with Crippen molar-refractivity contribution in [3.05, 3.63) is 51.7 Å². The number of rotatable bonds is 4. The van der Waals surface area contributed by atoms with Crippen LogP contribution in [0.25, 0.3) is 0 Å². The summed E-state index contributed by atoms with van der Waals surface area (Å²) in [5.74, 6) is 6.64. The fourth-order valence-electron chi connectivity index (χ4n) is 1.81. The SMILES string of the molecule is Cc1cc(C)c([N+](=O)[O-])cc1Oc1ccnc(NN)c1. The first-order valence-electron chi connectivity index (χ1n) is 5.87. The van der Waals surface area contributed by atoms with E-state index in [1.807, 2.05) is 6.92 Å². The standard InChI is InChI=1S/C13H14N4O3/c1-8-5-9(2)12(7-11(8)17(18)19)20-10-3-4-15-13(6-10)16-14/h3-7H,14H2,1-2H3,(H,15,16). The van der Waals surface area contributed by atoms with Gasteiger partial charge in [0.05, 0.1) is 11.0 Å². The lowest BCUT2D eigenvalue weighted by molar-refractivity contribution is -0.385. The number of nitro groups is 1. The molecule has 1 aromatic carbocycles. The summed E-state index contributed by atoms with van der Waals surface area (Å²) in [5.41, 5.74) is 3.84. The second-order valence-corrected chi connectivity index (χ2v) is 4.28. The summed E-state index contributed by atoms with van der Waals surface area (Å²) in [6.45, 7) is 3.52. The molecule has 1 aromatic heterocycles. The number of nitrogens with one attached hydrogen (secondary N) is 1. The van der Waals surface area contributed by atoms with Crippen LogP contribution in [-0.4, -0.2) is 9.91 Å². The maximum absolute atomic E-state index is 11.0. The maximum Gasteiger partial charge on any atom is 0.276 e. The summed E-state index contributed by atoms with van der Waals surface area (Å²) in [7, 11) is 0. The minimum atomic E-state index is -0.430. The molecule has 0 atom stereocenters. The van der Waals surface area contributed by atoms with E-state index in [9.17, 15) is 10.1 Å². The molecule has 3 N–H and O–H groups in total.